The third kappa shape index (κ3) is 3.14. The number of amides is 1. The van der Waals surface area contributed by atoms with Crippen molar-refractivity contribution in [1.82, 2.24) is 5.32 Å². The summed E-state index contributed by atoms with van der Waals surface area (Å²) in [7, 11) is 0. The molecule has 1 aromatic rings. The maximum Gasteiger partial charge on any atom is 0.239 e. The molecular weight excluding hydrogens is 228 g/mol. The molecule has 0 aromatic heterocycles. The number of anilines is 1. The van der Waals surface area contributed by atoms with Gasteiger partial charge in [-0.25, -0.2) is 8.78 Å². The maximum absolute atomic E-state index is 13.4. The molecule has 6 heteroatoms. The van der Waals surface area contributed by atoms with Crippen LogP contribution in [0.25, 0.3) is 0 Å². The number of halogens is 2. The first kappa shape index (κ1) is 12.9. The molecule has 1 aromatic carbocycles. The van der Waals surface area contributed by atoms with E-state index in [0.29, 0.717) is 6.54 Å². The molecule has 1 amide bonds. The molecule has 0 atom stereocenters. The van der Waals surface area contributed by atoms with Crippen LogP contribution < -0.4 is 10.6 Å². The minimum atomic E-state index is -1.21. The zero-order valence-electron chi connectivity index (χ0n) is 9.18. The van der Waals surface area contributed by atoms with Gasteiger partial charge < -0.3 is 10.6 Å². The number of benzene rings is 1. The molecule has 0 aliphatic rings. The first-order valence-electron chi connectivity index (χ1n) is 4.98. The molecule has 0 heterocycles. The fourth-order valence-electron chi connectivity index (χ4n) is 1.21. The summed E-state index contributed by atoms with van der Waals surface area (Å²) in [4.78, 5) is 11.1. The lowest BCUT2D eigenvalue weighted by Crippen LogP contribution is -2.29. The third-order valence-corrected chi connectivity index (χ3v) is 2.02. The van der Waals surface area contributed by atoms with Crippen LogP contribution in [0.4, 0.5) is 14.5 Å². The van der Waals surface area contributed by atoms with Gasteiger partial charge in [0.2, 0.25) is 5.91 Å². The molecule has 90 valence electrons. The number of hydrogen-bond acceptors (Lipinski definition) is 3. The van der Waals surface area contributed by atoms with E-state index in [-0.39, 0.29) is 23.7 Å². The van der Waals surface area contributed by atoms with E-state index in [1.165, 1.54) is 12.1 Å². The maximum atomic E-state index is 13.4. The van der Waals surface area contributed by atoms with Crippen molar-refractivity contribution in [3.63, 3.8) is 0 Å². The fraction of sp³-hybridized carbons (Fsp3) is 0.273. The van der Waals surface area contributed by atoms with Crippen molar-refractivity contribution in [1.29, 1.82) is 5.26 Å². The van der Waals surface area contributed by atoms with Crippen LogP contribution in [0.1, 0.15) is 12.5 Å². The van der Waals surface area contributed by atoms with Gasteiger partial charge in [0, 0.05) is 6.54 Å². The lowest BCUT2D eigenvalue weighted by atomic mass is 10.2. The van der Waals surface area contributed by atoms with Crippen LogP contribution in [0.15, 0.2) is 12.1 Å². The van der Waals surface area contributed by atoms with E-state index in [2.05, 4.69) is 10.6 Å². The second-order valence-corrected chi connectivity index (χ2v) is 3.21. The zero-order chi connectivity index (χ0) is 12.8. The minimum absolute atomic E-state index is 0.146. The molecule has 0 fully saturated rings. The van der Waals surface area contributed by atoms with Crippen molar-refractivity contribution in [2.75, 3.05) is 18.4 Å². The Labute approximate surface area is 97.2 Å². The average molecular weight is 239 g/mol. The molecule has 0 aliphatic carbocycles. The number of nitrogens with zero attached hydrogens (tertiary/aromatic N) is 1. The largest absolute Gasteiger partial charge is 0.374 e. The van der Waals surface area contributed by atoms with E-state index in [0.717, 1.165) is 6.07 Å². The molecule has 0 spiro atoms. The van der Waals surface area contributed by atoms with Gasteiger partial charge in [-0.3, -0.25) is 4.79 Å². The van der Waals surface area contributed by atoms with Gasteiger partial charge in [0.1, 0.15) is 6.07 Å². The molecular formula is C11H11F2N3O. The Morgan fingerprint density at radius 2 is 2.12 bits per heavy atom. The summed E-state index contributed by atoms with van der Waals surface area (Å²) < 4.78 is 26.6. The third-order valence-electron chi connectivity index (χ3n) is 2.02. The summed E-state index contributed by atoms with van der Waals surface area (Å²) in [5.41, 5.74) is -0.515. The van der Waals surface area contributed by atoms with Gasteiger partial charge in [-0.05, 0) is 19.1 Å². The Bertz CT molecular complexity index is 469. The molecule has 0 bridgehead atoms. The minimum Gasteiger partial charge on any atom is -0.374 e. The van der Waals surface area contributed by atoms with Gasteiger partial charge in [0.25, 0.3) is 0 Å². The molecule has 0 aliphatic heterocycles. The van der Waals surface area contributed by atoms with E-state index in [9.17, 15) is 13.6 Å². The van der Waals surface area contributed by atoms with Gasteiger partial charge in [0.05, 0.1) is 17.8 Å². The predicted molar refractivity (Wildman–Crippen MR) is 58.2 cm³/mol. The van der Waals surface area contributed by atoms with Crippen molar-refractivity contribution in [2.45, 2.75) is 6.92 Å². The number of carbonyl (C=O) groups is 1. The number of rotatable bonds is 4. The molecule has 1 rings (SSSR count). The number of carbonyl (C=O) groups excluding carboxylic acids is 1. The summed E-state index contributed by atoms with van der Waals surface area (Å²) in [5.74, 6) is -2.70. The Balaban J connectivity index is 2.77. The highest BCUT2D eigenvalue weighted by Gasteiger charge is 2.13. The van der Waals surface area contributed by atoms with Crippen LogP contribution in [0.5, 0.6) is 0 Å². The van der Waals surface area contributed by atoms with Crippen molar-refractivity contribution in [3.8, 4) is 6.07 Å². The molecule has 0 unspecified atom stereocenters. The lowest BCUT2D eigenvalue weighted by Gasteiger charge is -2.08. The van der Waals surface area contributed by atoms with Crippen LogP contribution in [-0.2, 0) is 4.79 Å². The second-order valence-electron chi connectivity index (χ2n) is 3.21. The predicted octanol–water partition coefficient (Wildman–Crippen LogP) is 1.38. The molecule has 2 N–H and O–H groups in total. The summed E-state index contributed by atoms with van der Waals surface area (Å²) in [6.45, 7) is 2.06. The second kappa shape index (κ2) is 5.80. The van der Waals surface area contributed by atoms with Crippen molar-refractivity contribution in [3.05, 3.63) is 29.3 Å². The van der Waals surface area contributed by atoms with Crippen LogP contribution in [0, 0.1) is 23.0 Å². The summed E-state index contributed by atoms with van der Waals surface area (Å²) in [6.07, 6.45) is 0. The molecule has 0 saturated heterocycles. The topological polar surface area (TPSA) is 64.9 Å². The smallest absolute Gasteiger partial charge is 0.239 e. The Kier molecular flexibility index (Phi) is 4.40. The lowest BCUT2D eigenvalue weighted by molar-refractivity contribution is -0.119. The molecule has 0 saturated carbocycles. The Morgan fingerprint density at radius 1 is 1.41 bits per heavy atom. The highest BCUT2D eigenvalue weighted by molar-refractivity contribution is 5.80. The van der Waals surface area contributed by atoms with Gasteiger partial charge in [0.15, 0.2) is 11.6 Å². The van der Waals surface area contributed by atoms with Gasteiger partial charge in [-0.1, -0.05) is 0 Å². The van der Waals surface area contributed by atoms with Gasteiger partial charge in [-0.15, -0.1) is 0 Å². The monoisotopic (exact) mass is 239 g/mol. The fourth-order valence-corrected chi connectivity index (χ4v) is 1.21. The van der Waals surface area contributed by atoms with E-state index in [1.54, 1.807) is 6.92 Å². The summed E-state index contributed by atoms with van der Waals surface area (Å²) >= 11 is 0. The van der Waals surface area contributed by atoms with Crippen molar-refractivity contribution in [2.24, 2.45) is 0 Å². The van der Waals surface area contributed by atoms with E-state index in [1.807, 2.05) is 0 Å². The van der Waals surface area contributed by atoms with E-state index in [4.69, 9.17) is 5.26 Å². The van der Waals surface area contributed by atoms with E-state index >= 15 is 0 Å². The number of nitrogens with one attached hydrogen (secondary N) is 2. The molecule has 4 nitrogen and oxygen atoms in total. The van der Waals surface area contributed by atoms with Crippen LogP contribution in [-0.4, -0.2) is 19.0 Å². The highest BCUT2D eigenvalue weighted by atomic mass is 19.2. The van der Waals surface area contributed by atoms with Crippen LogP contribution >= 0.6 is 0 Å². The average Bonchev–Trinajstić information content (AvgIpc) is 2.31. The highest BCUT2D eigenvalue weighted by Crippen LogP contribution is 2.19. The Hall–Kier alpha value is -2.16. The molecule has 0 radical (unpaired) electrons. The first-order chi connectivity index (χ1) is 8.10. The quantitative estimate of drug-likeness (QED) is 0.834. The number of nitriles is 1. The summed E-state index contributed by atoms with van der Waals surface area (Å²) in [6, 6.07) is 3.90. The molecule has 17 heavy (non-hydrogen) atoms. The van der Waals surface area contributed by atoms with E-state index < -0.39 is 11.6 Å². The van der Waals surface area contributed by atoms with Crippen molar-refractivity contribution < 1.29 is 13.6 Å². The normalized spacial score (nSPS) is 9.53. The standard InChI is InChI=1S/C11H11F2N3O/c1-2-15-9(17)6-16-8-4-3-7(5-14)10(12)11(8)13/h3-4,16H,2,6H2,1H3,(H,15,17). The SMILES string of the molecule is CCNC(=O)CNc1ccc(C#N)c(F)c1F. The van der Waals surface area contributed by atoms with Gasteiger partial charge in [-0.2, -0.15) is 5.26 Å². The summed E-state index contributed by atoms with van der Waals surface area (Å²) in [5, 5.41) is 13.4. The van der Waals surface area contributed by atoms with Crippen molar-refractivity contribution >= 4 is 11.6 Å². The number of hydrogen-bond donors (Lipinski definition) is 2. The first-order valence-corrected chi connectivity index (χ1v) is 4.98. The van der Waals surface area contributed by atoms with Crippen LogP contribution in [0.2, 0.25) is 0 Å². The van der Waals surface area contributed by atoms with Gasteiger partial charge >= 0.3 is 0 Å². The van der Waals surface area contributed by atoms with Crippen LogP contribution in [0.3, 0.4) is 0 Å². The zero-order valence-corrected chi connectivity index (χ0v) is 9.18. The number of likely N-dealkylation sites (N-methyl/N-ethyl adjacent to an activating group) is 1. The Morgan fingerprint density at radius 3 is 2.71 bits per heavy atom.